The van der Waals surface area contributed by atoms with Crippen molar-refractivity contribution >= 4 is 11.9 Å². The molecule has 0 saturated carbocycles. The van der Waals surface area contributed by atoms with E-state index in [-0.39, 0.29) is 25.2 Å². The van der Waals surface area contributed by atoms with Crippen LogP contribution in [0.2, 0.25) is 0 Å². The average molecular weight is 581 g/mol. The Hall–Kier alpha value is -1.36. The van der Waals surface area contributed by atoms with E-state index in [2.05, 4.69) is 26.0 Å². The zero-order chi connectivity index (χ0) is 30.1. The van der Waals surface area contributed by atoms with Gasteiger partial charge in [0.2, 0.25) is 0 Å². The molecule has 0 radical (unpaired) electrons. The highest BCUT2D eigenvalue weighted by Crippen LogP contribution is 2.13. The Morgan fingerprint density at radius 1 is 0.537 bits per heavy atom. The summed E-state index contributed by atoms with van der Waals surface area (Å²) in [6.45, 7) is 4.12. The molecule has 0 rings (SSSR count). The van der Waals surface area contributed by atoms with Crippen molar-refractivity contribution in [3.8, 4) is 0 Å². The Morgan fingerprint density at radius 3 is 1.32 bits per heavy atom. The molecule has 0 spiro atoms. The van der Waals surface area contributed by atoms with Crippen LogP contribution in [0.4, 0.5) is 0 Å². The van der Waals surface area contributed by atoms with Crippen LogP contribution in [0.25, 0.3) is 0 Å². The molecule has 0 heterocycles. The molecule has 0 aliphatic carbocycles. The van der Waals surface area contributed by atoms with Gasteiger partial charge in [-0.2, -0.15) is 0 Å². The first-order valence-corrected chi connectivity index (χ1v) is 17.7. The van der Waals surface area contributed by atoms with Gasteiger partial charge >= 0.3 is 11.9 Å². The molecule has 0 aliphatic rings. The molecular weight excluding hydrogens is 512 g/mol. The summed E-state index contributed by atoms with van der Waals surface area (Å²) < 4.78 is 10.6. The van der Waals surface area contributed by atoms with Crippen molar-refractivity contribution in [1.29, 1.82) is 0 Å². The summed E-state index contributed by atoms with van der Waals surface area (Å²) in [7, 11) is 0. The van der Waals surface area contributed by atoms with E-state index in [1.807, 2.05) is 0 Å². The van der Waals surface area contributed by atoms with E-state index in [1.54, 1.807) is 0 Å². The first kappa shape index (κ1) is 39.6. The normalized spacial score (nSPS) is 12.2. The lowest BCUT2D eigenvalue weighted by atomic mass is 10.0. The van der Waals surface area contributed by atoms with E-state index in [9.17, 15) is 14.7 Å². The maximum atomic E-state index is 12.1. The Balaban J connectivity index is 3.56. The van der Waals surface area contributed by atoms with Gasteiger partial charge in [-0.1, -0.05) is 148 Å². The Morgan fingerprint density at radius 2 is 0.902 bits per heavy atom. The summed E-state index contributed by atoms with van der Waals surface area (Å²) in [6.07, 6.45) is 35.5. The second kappa shape index (κ2) is 33.1. The van der Waals surface area contributed by atoms with Crippen LogP contribution < -0.4 is 0 Å². The first-order chi connectivity index (χ1) is 20.1. The topological polar surface area (TPSA) is 72.8 Å². The predicted octanol–water partition coefficient (Wildman–Crippen LogP) is 10.6. The van der Waals surface area contributed by atoms with Crippen molar-refractivity contribution in [3.05, 3.63) is 12.2 Å². The van der Waals surface area contributed by atoms with Crippen molar-refractivity contribution in [3.63, 3.8) is 0 Å². The minimum Gasteiger partial charge on any atom is -0.462 e. The number of rotatable bonds is 32. The van der Waals surface area contributed by atoms with Gasteiger partial charge in [-0.05, 0) is 38.5 Å². The standard InChI is InChI=1S/C36H68O5/c1-3-5-7-9-11-13-15-17-18-19-21-23-25-27-29-31-36(39)41-34(32-37)33-40-35(38)30-28-26-24-22-20-16-14-12-10-8-6-4-2/h17-18,34,37H,3-16,19-33H2,1-2H3/b18-17-. The van der Waals surface area contributed by atoms with Gasteiger partial charge in [0.25, 0.3) is 0 Å². The summed E-state index contributed by atoms with van der Waals surface area (Å²) in [6, 6.07) is 0. The summed E-state index contributed by atoms with van der Waals surface area (Å²) in [5.41, 5.74) is 0. The second-order valence-electron chi connectivity index (χ2n) is 12.0. The Labute approximate surface area is 254 Å². The number of carbonyl (C=O) groups excluding carboxylic acids is 2. The van der Waals surface area contributed by atoms with Crippen molar-refractivity contribution in [1.82, 2.24) is 0 Å². The molecule has 5 heteroatoms. The molecule has 242 valence electrons. The van der Waals surface area contributed by atoms with E-state index in [4.69, 9.17) is 9.47 Å². The molecule has 0 aromatic carbocycles. The number of allylic oxidation sites excluding steroid dienone is 2. The number of carbonyl (C=O) groups is 2. The summed E-state index contributed by atoms with van der Waals surface area (Å²) >= 11 is 0. The van der Waals surface area contributed by atoms with Crippen molar-refractivity contribution in [2.24, 2.45) is 0 Å². The van der Waals surface area contributed by atoms with Gasteiger partial charge in [-0.15, -0.1) is 0 Å². The van der Waals surface area contributed by atoms with Crippen LogP contribution in [-0.4, -0.2) is 36.4 Å². The molecule has 1 atom stereocenters. The van der Waals surface area contributed by atoms with Crippen molar-refractivity contribution in [2.75, 3.05) is 13.2 Å². The number of ether oxygens (including phenoxy) is 2. The van der Waals surface area contributed by atoms with Crippen molar-refractivity contribution < 1.29 is 24.2 Å². The zero-order valence-electron chi connectivity index (χ0n) is 27.3. The molecule has 0 bridgehead atoms. The average Bonchev–Trinajstić information content (AvgIpc) is 2.97. The van der Waals surface area contributed by atoms with Crippen LogP contribution in [0, 0.1) is 0 Å². The van der Waals surface area contributed by atoms with Crippen LogP contribution in [-0.2, 0) is 19.1 Å². The first-order valence-electron chi connectivity index (χ1n) is 17.7. The Kier molecular flexibility index (Phi) is 32.0. The molecule has 1 N–H and O–H groups in total. The number of aliphatic hydroxyl groups is 1. The molecule has 41 heavy (non-hydrogen) atoms. The van der Waals surface area contributed by atoms with E-state index < -0.39 is 6.10 Å². The van der Waals surface area contributed by atoms with Crippen LogP contribution in [0.15, 0.2) is 12.2 Å². The number of hydrogen-bond acceptors (Lipinski definition) is 5. The fourth-order valence-electron chi connectivity index (χ4n) is 5.08. The number of hydrogen-bond donors (Lipinski definition) is 1. The van der Waals surface area contributed by atoms with Gasteiger partial charge in [0.15, 0.2) is 6.10 Å². The number of aliphatic hydroxyl groups excluding tert-OH is 1. The molecule has 0 aromatic rings. The lowest BCUT2D eigenvalue weighted by Crippen LogP contribution is -2.28. The SMILES string of the molecule is CCCCCCCC/C=C\CCCCCCCC(=O)OC(CO)COC(=O)CCCCCCCCCCCCCC. The second-order valence-corrected chi connectivity index (χ2v) is 12.0. The third kappa shape index (κ3) is 31.4. The summed E-state index contributed by atoms with van der Waals surface area (Å²) in [5, 5.41) is 9.51. The van der Waals surface area contributed by atoms with Gasteiger partial charge in [0.05, 0.1) is 6.61 Å². The number of unbranched alkanes of at least 4 members (excludes halogenated alkanes) is 22. The lowest BCUT2D eigenvalue weighted by molar-refractivity contribution is -0.161. The van der Waals surface area contributed by atoms with Crippen LogP contribution >= 0.6 is 0 Å². The molecule has 0 aliphatic heterocycles. The predicted molar refractivity (Wildman–Crippen MR) is 173 cm³/mol. The Bertz CT molecular complexity index is 589. The van der Waals surface area contributed by atoms with E-state index in [0.29, 0.717) is 12.8 Å². The highest BCUT2D eigenvalue weighted by molar-refractivity contribution is 5.70. The third-order valence-electron chi connectivity index (χ3n) is 7.81. The quantitative estimate of drug-likeness (QED) is 0.0487. The van der Waals surface area contributed by atoms with Crippen molar-refractivity contribution in [2.45, 2.75) is 193 Å². The minimum absolute atomic E-state index is 0.0638. The van der Waals surface area contributed by atoms with Gasteiger partial charge < -0.3 is 14.6 Å². The highest BCUT2D eigenvalue weighted by atomic mass is 16.6. The smallest absolute Gasteiger partial charge is 0.306 e. The number of esters is 2. The largest absolute Gasteiger partial charge is 0.462 e. The van der Waals surface area contributed by atoms with E-state index in [1.165, 1.54) is 116 Å². The van der Waals surface area contributed by atoms with Gasteiger partial charge in [-0.3, -0.25) is 9.59 Å². The molecule has 0 saturated heterocycles. The molecule has 0 aromatic heterocycles. The van der Waals surface area contributed by atoms with Gasteiger partial charge in [0.1, 0.15) is 6.61 Å². The lowest BCUT2D eigenvalue weighted by Gasteiger charge is -2.15. The summed E-state index contributed by atoms with van der Waals surface area (Å²) in [4.78, 5) is 24.1. The molecule has 0 amide bonds. The molecular formula is C36H68O5. The summed E-state index contributed by atoms with van der Waals surface area (Å²) in [5.74, 6) is -0.595. The van der Waals surface area contributed by atoms with E-state index >= 15 is 0 Å². The minimum atomic E-state index is -0.767. The monoisotopic (exact) mass is 581 g/mol. The third-order valence-corrected chi connectivity index (χ3v) is 7.81. The van der Waals surface area contributed by atoms with E-state index in [0.717, 1.165) is 44.9 Å². The van der Waals surface area contributed by atoms with Crippen LogP contribution in [0.1, 0.15) is 187 Å². The molecule has 5 nitrogen and oxygen atoms in total. The van der Waals surface area contributed by atoms with Crippen LogP contribution in [0.5, 0.6) is 0 Å². The highest BCUT2D eigenvalue weighted by Gasteiger charge is 2.16. The van der Waals surface area contributed by atoms with Gasteiger partial charge in [0, 0.05) is 12.8 Å². The molecule has 0 fully saturated rings. The fourth-order valence-corrected chi connectivity index (χ4v) is 5.08. The maximum absolute atomic E-state index is 12.1. The molecule has 1 unspecified atom stereocenters. The van der Waals surface area contributed by atoms with Gasteiger partial charge in [-0.25, -0.2) is 0 Å². The fraction of sp³-hybridized carbons (Fsp3) is 0.889. The zero-order valence-corrected chi connectivity index (χ0v) is 27.3. The maximum Gasteiger partial charge on any atom is 0.306 e. The van der Waals surface area contributed by atoms with Crippen LogP contribution in [0.3, 0.4) is 0 Å².